The lowest BCUT2D eigenvalue weighted by Crippen LogP contribution is -2.59. The number of carboxylic acids is 1. The minimum absolute atomic E-state index is 0.00697. The second-order valence-corrected chi connectivity index (χ2v) is 31.1. The highest BCUT2D eigenvalue weighted by atomic mass is 32.2. The normalized spacial score (nSPS) is 17.6. The van der Waals surface area contributed by atoms with Crippen molar-refractivity contribution in [3.05, 3.63) is 44.5 Å². The number of alkyl carbamates (subject to hydrolysis) is 1. The number of likely N-dealkylation sites (tertiary alicyclic amines) is 1. The van der Waals surface area contributed by atoms with Crippen molar-refractivity contribution in [3.63, 3.8) is 0 Å². The zero-order valence-electron chi connectivity index (χ0n) is 58.6. The molecule has 5 rings (SSSR count). The van der Waals surface area contributed by atoms with E-state index in [2.05, 4.69) is 46.0 Å². The molecule has 1 saturated heterocycles. The first kappa shape index (κ1) is 79.2. The van der Waals surface area contributed by atoms with E-state index in [9.17, 15) is 50.7 Å². The van der Waals surface area contributed by atoms with E-state index in [1.54, 1.807) is 76.2 Å². The van der Waals surface area contributed by atoms with Gasteiger partial charge in [-0.3, -0.25) is 34.0 Å². The smallest absolute Gasteiger partial charge is 0.407 e. The number of carbonyl (C=O) groups is 7. The van der Waals surface area contributed by atoms with Crippen LogP contribution in [0, 0.1) is 47.5 Å². The van der Waals surface area contributed by atoms with Gasteiger partial charge in [-0.1, -0.05) is 13.8 Å². The number of nitrogens with one attached hydrogen (secondary N) is 7. The highest BCUT2D eigenvalue weighted by Crippen LogP contribution is 2.45. The highest BCUT2D eigenvalue weighted by Gasteiger charge is 2.42. The molecule has 0 saturated carbocycles. The van der Waals surface area contributed by atoms with Gasteiger partial charge >= 0.3 is 12.1 Å². The van der Waals surface area contributed by atoms with E-state index >= 15 is 4.79 Å². The molecule has 0 aliphatic carbocycles. The molecule has 0 bridgehead atoms. The summed E-state index contributed by atoms with van der Waals surface area (Å²) in [5.41, 5.74) is 27.5. The SMILES string of the molecule is Cc1c(C)c(S(=O)(=O)NC(N)=NCCC[C@H](NC(=O)[C@@H](N)CCCCNC(=O)OC(C)(C)C)C(=O)N[C@@H](CCCN=C(N)NS(=O)(=O)c2c(C)c(C)c3c(c2C)CC(C)(C)O3)C(=O)N2CCC[C@H]2C(=O)N[C@H](C(=O)N[C@@H](CCCCN)C(=O)O)C(C)C)c(C)c2c1OC(C)(C)C2. The average Bonchev–Trinajstić information content (AvgIpc) is 1.52. The van der Waals surface area contributed by atoms with E-state index < -0.39 is 133 Å². The number of guanidine groups is 2. The summed E-state index contributed by atoms with van der Waals surface area (Å²) in [5.74, 6) is -5.25. The number of amides is 6. The van der Waals surface area contributed by atoms with Crippen molar-refractivity contribution in [1.29, 1.82) is 0 Å². The van der Waals surface area contributed by atoms with Crippen LogP contribution in [0.5, 0.6) is 11.5 Å². The van der Waals surface area contributed by atoms with Crippen molar-refractivity contribution in [2.75, 3.05) is 32.7 Å². The van der Waals surface area contributed by atoms with Crippen molar-refractivity contribution in [1.82, 2.24) is 40.9 Å². The molecule has 2 aromatic carbocycles. The minimum Gasteiger partial charge on any atom is -0.487 e. The van der Waals surface area contributed by atoms with E-state index in [4.69, 9.17) is 37.1 Å². The van der Waals surface area contributed by atoms with Gasteiger partial charge in [0.25, 0.3) is 20.0 Å². The Hall–Kier alpha value is -7.51. The minimum atomic E-state index is -4.32. The molecule has 29 nitrogen and oxygen atoms in total. The molecule has 1 fully saturated rings. The Morgan fingerprint density at radius 2 is 1.11 bits per heavy atom. The molecule has 0 spiro atoms. The van der Waals surface area contributed by atoms with E-state index in [0.717, 1.165) is 11.1 Å². The Balaban J connectivity index is 1.43. The quantitative estimate of drug-likeness (QED) is 0.0284. The molecule has 31 heteroatoms. The van der Waals surface area contributed by atoms with Crippen molar-refractivity contribution < 1.29 is 69.7 Å². The molecule has 96 heavy (non-hydrogen) atoms. The Labute approximate surface area is 565 Å². The molecule has 3 heterocycles. The standard InChI is InChI=1S/C65H106N14O15S2/c1-35(2)49(57(83)75-47(59(85)86)24-16-18-28-66)76-56(82)48-27-22-32-79(48)58(84)46(26-21-31-71-61(69)78-96(90,91)53-39(6)37(4)51-43(41(53)8)34-65(14,15)93-51)74-55(81)45(73-54(80)44(67)23-17-19-29-72-62(87)94-63(9,10)11)25-20-30-70-60(68)77-95(88,89)52-38(5)36(3)50-42(40(52)7)33-64(12,13)92-50/h35,44-49H,16-34,66-67H2,1-15H3,(H,72,87)(H,73,80)(H,74,81)(H,75,83)(H,76,82)(H,85,86)(H3,68,70,77)(H3,69,71,78)/t44-,45-,46-,47-,48-,49-/m0/s1. The first-order valence-corrected chi connectivity index (χ1v) is 36.0. The zero-order chi connectivity index (χ0) is 72.2. The summed E-state index contributed by atoms with van der Waals surface area (Å²) in [5, 5.41) is 23.3. The molecular formula is C65H106N14O15S2. The number of nitrogens with two attached hydrogens (primary N) is 4. The monoisotopic (exact) mass is 1390 g/mol. The topological polar surface area (TPSA) is 452 Å². The highest BCUT2D eigenvalue weighted by molar-refractivity contribution is 7.90. The van der Waals surface area contributed by atoms with E-state index in [1.807, 2.05) is 27.7 Å². The number of benzene rings is 2. The molecule has 538 valence electrons. The first-order valence-electron chi connectivity index (χ1n) is 33.0. The van der Waals surface area contributed by atoms with Crippen molar-refractivity contribution in [3.8, 4) is 11.5 Å². The Morgan fingerprint density at radius 1 is 0.646 bits per heavy atom. The summed E-state index contributed by atoms with van der Waals surface area (Å²) >= 11 is 0. The zero-order valence-corrected chi connectivity index (χ0v) is 60.2. The number of sulfonamides is 2. The number of hydrogen-bond acceptors (Lipinski definition) is 18. The lowest BCUT2D eigenvalue weighted by Gasteiger charge is -2.31. The van der Waals surface area contributed by atoms with Gasteiger partial charge in [-0.15, -0.1) is 0 Å². The molecular weight excluding hydrogens is 1280 g/mol. The molecule has 0 unspecified atom stereocenters. The van der Waals surface area contributed by atoms with Crippen LogP contribution in [0.4, 0.5) is 4.79 Å². The molecule has 0 aromatic heterocycles. The summed E-state index contributed by atoms with van der Waals surface area (Å²) in [6.45, 7) is 26.7. The number of ether oxygens (including phenoxy) is 3. The maximum Gasteiger partial charge on any atom is 0.407 e. The van der Waals surface area contributed by atoms with Gasteiger partial charge in [-0.2, -0.15) is 0 Å². The van der Waals surface area contributed by atoms with Gasteiger partial charge < -0.3 is 73.7 Å². The largest absolute Gasteiger partial charge is 0.487 e. The van der Waals surface area contributed by atoms with Crippen LogP contribution in [0.1, 0.15) is 184 Å². The predicted molar refractivity (Wildman–Crippen MR) is 364 cm³/mol. The number of aliphatic carboxylic acids is 1. The summed E-state index contributed by atoms with van der Waals surface area (Å²) in [6.07, 6.45) is 2.42. The Bertz CT molecular complexity index is 3510. The van der Waals surface area contributed by atoms with Gasteiger partial charge in [-0.05, 0) is 213 Å². The summed E-state index contributed by atoms with van der Waals surface area (Å²) in [6, 6.07) is -7.69. The van der Waals surface area contributed by atoms with Crippen LogP contribution in [0.15, 0.2) is 19.8 Å². The van der Waals surface area contributed by atoms with Crippen molar-refractivity contribution >= 4 is 73.6 Å². The maximum absolute atomic E-state index is 15.1. The van der Waals surface area contributed by atoms with Crippen LogP contribution >= 0.6 is 0 Å². The average molecular weight is 1390 g/mol. The van der Waals surface area contributed by atoms with Gasteiger partial charge in [0.1, 0.15) is 58.5 Å². The van der Waals surface area contributed by atoms with Gasteiger partial charge in [0.2, 0.25) is 41.5 Å². The molecule has 0 radical (unpaired) electrons. The van der Waals surface area contributed by atoms with Gasteiger partial charge in [0.05, 0.1) is 15.8 Å². The second-order valence-electron chi connectivity index (χ2n) is 27.9. The van der Waals surface area contributed by atoms with Gasteiger partial charge in [0, 0.05) is 50.1 Å². The molecule has 16 N–H and O–H groups in total. The number of fused-ring (bicyclic) bond motifs is 2. The van der Waals surface area contributed by atoms with E-state index in [-0.39, 0.29) is 80.9 Å². The lowest BCUT2D eigenvalue weighted by molar-refractivity contribution is -0.144. The lowest BCUT2D eigenvalue weighted by atomic mass is 9.94. The molecule has 6 atom stereocenters. The van der Waals surface area contributed by atoms with Crippen molar-refractivity contribution in [2.45, 2.75) is 257 Å². The molecule has 3 aliphatic heterocycles. The van der Waals surface area contributed by atoms with Crippen LogP contribution in [-0.4, -0.2) is 166 Å². The molecule has 2 aromatic rings. The van der Waals surface area contributed by atoms with Crippen LogP contribution in [0.3, 0.4) is 0 Å². The van der Waals surface area contributed by atoms with Gasteiger partial charge in [-0.25, -0.2) is 35.9 Å². The summed E-state index contributed by atoms with van der Waals surface area (Å²) < 4.78 is 78.7. The predicted octanol–water partition coefficient (Wildman–Crippen LogP) is 3.23. The van der Waals surface area contributed by atoms with E-state index in [0.29, 0.717) is 96.4 Å². The third-order valence-corrected chi connectivity index (χ3v) is 20.6. The van der Waals surface area contributed by atoms with Gasteiger partial charge in [0.15, 0.2) is 0 Å². The fourth-order valence-corrected chi connectivity index (χ4v) is 15.3. The fourth-order valence-electron chi connectivity index (χ4n) is 12.2. The maximum atomic E-state index is 15.1. The number of carbonyl (C=O) groups excluding carboxylic acids is 6. The number of aliphatic imine (C=N–C) groups is 2. The number of hydrogen-bond donors (Lipinski definition) is 12. The number of unbranched alkanes of at least 4 members (excludes halogenated alkanes) is 2. The van der Waals surface area contributed by atoms with Crippen LogP contribution in [0.25, 0.3) is 0 Å². The summed E-state index contributed by atoms with van der Waals surface area (Å²) in [7, 11) is -8.62. The van der Waals surface area contributed by atoms with Crippen LogP contribution in [0.2, 0.25) is 0 Å². The summed E-state index contributed by atoms with van der Waals surface area (Å²) in [4.78, 5) is 106. The number of carboxylic acid groups (broad SMARTS) is 1. The van der Waals surface area contributed by atoms with Crippen molar-refractivity contribution in [2.24, 2.45) is 38.8 Å². The first-order chi connectivity index (χ1) is 44.5. The second kappa shape index (κ2) is 33.2. The Morgan fingerprint density at radius 3 is 1.59 bits per heavy atom. The van der Waals surface area contributed by atoms with Crippen LogP contribution < -0.4 is 68.4 Å². The molecule has 3 aliphatic rings. The van der Waals surface area contributed by atoms with E-state index in [1.165, 1.54) is 4.90 Å². The van der Waals surface area contributed by atoms with Crippen LogP contribution in [-0.2, 0) is 66.4 Å². The third kappa shape index (κ3) is 21.2. The number of rotatable bonds is 32. The fraction of sp³-hybridized carbons (Fsp3) is 0.677. The Kier molecular flexibility index (Phi) is 27.3. The third-order valence-electron chi connectivity index (χ3n) is 17.3. The number of nitrogens with zero attached hydrogens (tertiary/aromatic N) is 3. The molecule has 6 amide bonds.